The van der Waals surface area contributed by atoms with E-state index in [2.05, 4.69) is 34.3 Å². The number of aromatic nitrogens is 1. The summed E-state index contributed by atoms with van der Waals surface area (Å²) >= 11 is 0. The second-order valence-electron chi connectivity index (χ2n) is 7.76. The molecule has 2 aliphatic heterocycles. The molecule has 0 saturated carbocycles. The van der Waals surface area contributed by atoms with E-state index in [1.165, 1.54) is 18.5 Å². The van der Waals surface area contributed by atoms with E-state index in [1.807, 2.05) is 24.3 Å². The number of nitrogens with zero attached hydrogens (tertiary/aromatic N) is 3. The fourth-order valence-electron chi connectivity index (χ4n) is 4.19. The zero-order chi connectivity index (χ0) is 17.6. The molecule has 0 aliphatic carbocycles. The number of halogens is 1. The fourth-order valence-corrected chi connectivity index (χ4v) is 4.19. The first kappa shape index (κ1) is 21.0. The largest absolute Gasteiger partial charge is 0.371 e. The molecule has 1 N–H and O–H groups in total. The van der Waals surface area contributed by atoms with Crippen molar-refractivity contribution in [2.24, 2.45) is 11.8 Å². The molecule has 0 aromatic carbocycles. The Balaban J connectivity index is 0.00000243. The van der Waals surface area contributed by atoms with E-state index < -0.39 is 0 Å². The van der Waals surface area contributed by atoms with E-state index in [0.29, 0.717) is 11.9 Å². The molecule has 5 nitrogen and oxygen atoms in total. The van der Waals surface area contributed by atoms with Crippen molar-refractivity contribution in [2.75, 3.05) is 38.1 Å². The Morgan fingerprint density at radius 3 is 2.62 bits per heavy atom. The summed E-state index contributed by atoms with van der Waals surface area (Å²) < 4.78 is 0. The van der Waals surface area contributed by atoms with Gasteiger partial charge >= 0.3 is 0 Å². The maximum absolute atomic E-state index is 12.6. The van der Waals surface area contributed by atoms with Crippen LogP contribution in [-0.4, -0.2) is 55.1 Å². The van der Waals surface area contributed by atoms with Crippen LogP contribution in [0.25, 0.3) is 0 Å². The number of hydrogen-bond acceptors (Lipinski definition) is 4. The second kappa shape index (κ2) is 10.1. The lowest BCUT2D eigenvalue weighted by molar-refractivity contribution is -0.135. The highest BCUT2D eigenvalue weighted by molar-refractivity contribution is 5.85. The number of rotatable bonds is 5. The summed E-state index contributed by atoms with van der Waals surface area (Å²) in [5, 5.41) is 3.43. The van der Waals surface area contributed by atoms with E-state index in [9.17, 15) is 4.79 Å². The summed E-state index contributed by atoms with van der Waals surface area (Å²) in [6.45, 7) is 6.27. The van der Waals surface area contributed by atoms with Gasteiger partial charge in [0.25, 0.3) is 0 Å². The van der Waals surface area contributed by atoms with Gasteiger partial charge < -0.3 is 15.1 Å². The molecule has 1 aromatic rings. The van der Waals surface area contributed by atoms with Crippen LogP contribution in [0.15, 0.2) is 24.5 Å². The van der Waals surface area contributed by atoms with E-state index in [-0.39, 0.29) is 18.3 Å². The Bertz CT molecular complexity index is 548. The lowest BCUT2D eigenvalue weighted by Gasteiger charge is -2.35. The van der Waals surface area contributed by atoms with E-state index in [1.54, 1.807) is 0 Å². The number of anilines is 1. The van der Waals surface area contributed by atoms with Gasteiger partial charge in [-0.3, -0.25) is 9.78 Å². The molecule has 1 amide bonds. The van der Waals surface area contributed by atoms with Crippen LogP contribution >= 0.6 is 12.4 Å². The predicted octanol–water partition coefficient (Wildman–Crippen LogP) is 2.96. The Hall–Kier alpha value is -1.33. The molecular weight excluding hydrogens is 348 g/mol. The van der Waals surface area contributed by atoms with Gasteiger partial charge in [0.05, 0.1) is 0 Å². The SMILES string of the molecule is C[C@H]1C[C@@H](C(=O)N(C)CCC2CCN(c3ccncc3)CC2)CCN1.Cl. The lowest BCUT2D eigenvalue weighted by Crippen LogP contribution is -2.43. The first-order chi connectivity index (χ1) is 12.1. The Morgan fingerprint density at radius 2 is 1.96 bits per heavy atom. The Morgan fingerprint density at radius 1 is 1.27 bits per heavy atom. The fraction of sp³-hybridized carbons (Fsp3) is 0.700. The minimum Gasteiger partial charge on any atom is -0.371 e. The summed E-state index contributed by atoms with van der Waals surface area (Å²) in [5.74, 6) is 1.30. The molecule has 3 heterocycles. The van der Waals surface area contributed by atoms with Crippen LogP contribution in [0.3, 0.4) is 0 Å². The molecule has 26 heavy (non-hydrogen) atoms. The maximum atomic E-state index is 12.6. The third-order valence-corrected chi connectivity index (χ3v) is 5.86. The van der Waals surface area contributed by atoms with Gasteiger partial charge in [-0.2, -0.15) is 0 Å². The molecule has 2 atom stereocenters. The first-order valence-electron chi connectivity index (χ1n) is 9.77. The molecule has 0 unspecified atom stereocenters. The van der Waals surface area contributed by atoms with Gasteiger partial charge in [-0.05, 0) is 63.6 Å². The molecule has 1 aromatic heterocycles. The molecule has 6 heteroatoms. The molecule has 0 spiro atoms. The number of hydrogen-bond donors (Lipinski definition) is 1. The van der Waals surface area contributed by atoms with Crippen molar-refractivity contribution < 1.29 is 4.79 Å². The van der Waals surface area contributed by atoms with Gasteiger partial charge in [0.2, 0.25) is 5.91 Å². The molecule has 0 bridgehead atoms. The van der Waals surface area contributed by atoms with E-state index in [0.717, 1.165) is 51.4 Å². The number of pyridine rings is 1. The number of piperidine rings is 2. The zero-order valence-electron chi connectivity index (χ0n) is 16.1. The quantitative estimate of drug-likeness (QED) is 0.853. The highest BCUT2D eigenvalue weighted by atomic mass is 35.5. The van der Waals surface area contributed by atoms with Crippen molar-refractivity contribution in [3.05, 3.63) is 24.5 Å². The van der Waals surface area contributed by atoms with Crippen LogP contribution in [0.4, 0.5) is 5.69 Å². The van der Waals surface area contributed by atoms with Crippen molar-refractivity contribution in [1.29, 1.82) is 0 Å². The normalized spacial score (nSPS) is 24.0. The summed E-state index contributed by atoms with van der Waals surface area (Å²) in [4.78, 5) is 21.2. The van der Waals surface area contributed by atoms with E-state index >= 15 is 0 Å². The Kier molecular flexibility index (Phi) is 8.16. The van der Waals surface area contributed by atoms with Gasteiger partial charge in [-0.15, -0.1) is 12.4 Å². The summed E-state index contributed by atoms with van der Waals surface area (Å²) in [5.41, 5.74) is 1.28. The van der Waals surface area contributed by atoms with Crippen LogP contribution in [0.2, 0.25) is 0 Å². The van der Waals surface area contributed by atoms with Crippen molar-refractivity contribution in [2.45, 2.75) is 45.1 Å². The molecule has 2 aliphatic rings. The van der Waals surface area contributed by atoms with Crippen LogP contribution in [0.1, 0.15) is 39.0 Å². The first-order valence-corrected chi connectivity index (χ1v) is 9.77. The number of nitrogens with one attached hydrogen (secondary N) is 1. The summed E-state index contributed by atoms with van der Waals surface area (Å²) in [6.07, 6.45) is 9.26. The van der Waals surface area contributed by atoms with Crippen LogP contribution in [-0.2, 0) is 4.79 Å². The number of carbonyl (C=O) groups excluding carboxylic acids is 1. The predicted molar refractivity (Wildman–Crippen MR) is 109 cm³/mol. The van der Waals surface area contributed by atoms with Gasteiger partial charge in [-0.25, -0.2) is 0 Å². The zero-order valence-corrected chi connectivity index (χ0v) is 16.9. The number of carbonyl (C=O) groups is 1. The average Bonchev–Trinajstić information content (AvgIpc) is 2.66. The number of amides is 1. The van der Waals surface area contributed by atoms with Crippen LogP contribution < -0.4 is 10.2 Å². The standard InChI is InChI=1S/C20H32N4O.ClH/c1-16-15-18(3-11-22-16)20(25)23(2)12-6-17-7-13-24(14-8-17)19-4-9-21-10-5-19;/h4-5,9-10,16-18,22H,3,6-8,11-15H2,1-2H3;1H/t16-,18-;/m0./s1. The van der Waals surface area contributed by atoms with Gasteiger partial charge in [0, 0.05) is 56.7 Å². The third-order valence-electron chi connectivity index (χ3n) is 5.86. The summed E-state index contributed by atoms with van der Waals surface area (Å²) in [6, 6.07) is 4.65. The molecule has 146 valence electrons. The average molecular weight is 381 g/mol. The minimum atomic E-state index is 0. The molecular formula is C20H33ClN4O. The molecule has 2 saturated heterocycles. The van der Waals surface area contributed by atoms with Crippen molar-refractivity contribution >= 4 is 24.0 Å². The smallest absolute Gasteiger partial charge is 0.225 e. The van der Waals surface area contributed by atoms with Gasteiger partial charge in [-0.1, -0.05) is 0 Å². The van der Waals surface area contributed by atoms with Gasteiger partial charge in [0.1, 0.15) is 0 Å². The monoisotopic (exact) mass is 380 g/mol. The Labute approximate surface area is 163 Å². The van der Waals surface area contributed by atoms with E-state index in [4.69, 9.17) is 0 Å². The third kappa shape index (κ3) is 5.58. The van der Waals surface area contributed by atoms with Crippen LogP contribution in [0, 0.1) is 11.8 Å². The van der Waals surface area contributed by atoms with Crippen molar-refractivity contribution in [3.8, 4) is 0 Å². The second-order valence-corrected chi connectivity index (χ2v) is 7.76. The highest BCUT2D eigenvalue weighted by Gasteiger charge is 2.27. The molecule has 0 radical (unpaired) electrons. The van der Waals surface area contributed by atoms with Crippen molar-refractivity contribution in [3.63, 3.8) is 0 Å². The molecule has 3 rings (SSSR count). The minimum absolute atomic E-state index is 0. The summed E-state index contributed by atoms with van der Waals surface area (Å²) in [7, 11) is 1.99. The topological polar surface area (TPSA) is 48.5 Å². The van der Waals surface area contributed by atoms with Crippen LogP contribution in [0.5, 0.6) is 0 Å². The van der Waals surface area contributed by atoms with Crippen molar-refractivity contribution in [1.82, 2.24) is 15.2 Å². The highest BCUT2D eigenvalue weighted by Crippen LogP contribution is 2.25. The maximum Gasteiger partial charge on any atom is 0.225 e. The lowest BCUT2D eigenvalue weighted by atomic mass is 9.91. The molecule has 2 fully saturated rings. The van der Waals surface area contributed by atoms with Gasteiger partial charge in [0.15, 0.2) is 0 Å².